The Morgan fingerprint density at radius 3 is 2.60 bits per heavy atom. The van der Waals surface area contributed by atoms with Crippen LogP contribution in [0.5, 0.6) is 5.75 Å². The van der Waals surface area contributed by atoms with Gasteiger partial charge >= 0.3 is 5.97 Å². The first kappa shape index (κ1) is 15.8. The summed E-state index contributed by atoms with van der Waals surface area (Å²) in [5, 5.41) is 2.63. The molecule has 0 atom stereocenters. The Bertz CT molecular complexity index is 474. The zero-order chi connectivity index (χ0) is 15.0. The van der Waals surface area contributed by atoms with Crippen LogP contribution in [0.2, 0.25) is 0 Å². The largest absolute Gasteiger partial charge is 0.494 e. The van der Waals surface area contributed by atoms with Crippen LogP contribution in [0.3, 0.4) is 0 Å². The zero-order valence-corrected chi connectivity index (χ0v) is 11.8. The van der Waals surface area contributed by atoms with Crippen LogP contribution in [0.25, 0.3) is 0 Å². The van der Waals surface area contributed by atoms with Crippen molar-refractivity contribution < 1.29 is 19.1 Å². The normalized spacial score (nSPS) is 9.90. The van der Waals surface area contributed by atoms with Crippen LogP contribution in [-0.4, -0.2) is 31.6 Å². The minimum absolute atomic E-state index is 0.139. The minimum atomic E-state index is -0.338. The average molecular weight is 280 g/mol. The third-order valence-corrected chi connectivity index (χ3v) is 2.42. The van der Waals surface area contributed by atoms with Gasteiger partial charge in [-0.1, -0.05) is 0 Å². The van der Waals surface area contributed by atoms with E-state index in [0.717, 1.165) is 0 Å². The fraction of sp³-hybridized carbons (Fsp3) is 0.429. The summed E-state index contributed by atoms with van der Waals surface area (Å²) < 4.78 is 10.1. The number of esters is 1. The molecule has 0 saturated carbocycles. The van der Waals surface area contributed by atoms with Gasteiger partial charge in [0.2, 0.25) is 0 Å². The monoisotopic (exact) mass is 280 g/mol. The second-order valence-electron chi connectivity index (χ2n) is 4.03. The standard InChI is InChI=1S/C14H20N2O4/c1-3-19-12-8-10(7-11(15)9-12)14(18)16-6-5-13(17)20-4-2/h7-9H,3-6,15H2,1-2H3,(H,16,18). The smallest absolute Gasteiger partial charge is 0.307 e. The second-order valence-corrected chi connectivity index (χ2v) is 4.03. The topological polar surface area (TPSA) is 90.7 Å². The summed E-state index contributed by atoms with van der Waals surface area (Å²) in [6, 6.07) is 4.82. The Morgan fingerprint density at radius 1 is 1.20 bits per heavy atom. The number of nitrogen functional groups attached to an aromatic ring is 1. The van der Waals surface area contributed by atoms with Crippen molar-refractivity contribution >= 4 is 17.6 Å². The molecular weight excluding hydrogens is 260 g/mol. The molecule has 6 heteroatoms. The number of carbonyl (C=O) groups is 2. The van der Waals surface area contributed by atoms with Crippen molar-refractivity contribution in [2.45, 2.75) is 20.3 Å². The number of anilines is 1. The molecule has 0 spiro atoms. The number of hydrogen-bond donors (Lipinski definition) is 2. The Balaban J connectivity index is 2.56. The number of nitrogens with two attached hydrogens (primary N) is 1. The van der Waals surface area contributed by atoms with Gasteiger partial charge in [-0.05, 0) is 26.0 Å². The highest BCUT2D eigenvalue weighted by Crippen LogP contribution is 2.18. The van der Waals surface area contributed by atoms with E-state index in [0.29, 0.717) is 30.2 Å². The van der Waals surface area contributed by atoms with Crippen LogP contribution in [0.4, 0.5) is 5.69 Å². The van der Waals surface area contributed by atoms with Crippen LogP contribution in [0, 0.1) is 0 Å². The van der Waals surface area contributed by atoms with Crippen LogP contribution < -0.4 is 15.8 Å². The Labute approximate surface area is 118 Å². The van der Waals surface area contributed by atoms with E-state index in [1.54, 1.807) is 25.1 Å². The van der Waals surface area contributed by atoms with Crippen molar-refractivity contribution in [2.75, 3.05) is 25.5 Å². The number of benzene rings is 1. The quantitative estimate of drug-likeness (QED) is 0.581. The van der Waals surface area contributed by atoms with E-state index in [1.165, 1.54) is 0 Å². The summed E-state index contributed by atoms with van der Waals surface area (Å²) in [5.41, 5.74) is 6.56. The molecule has 1 aromatic rings. The second kappa shape index (κ2) is 8.04. The van der Waals surface area contributed by atoms with Crippen LogP contribution >= 0.6 is 0 Å². The first-order valence-electron chi connectivity index (χ1n) is 6.54. The molecule has 0 aliphatic rings. The van der Waals surface area contributed by atoms with Crippen molar-refractivity contribution in [1.29, 1.82) is 0 Å². The van der Waals surface area contributed by atoms with Crippen LogP contribution in [0.15, 0.2) is 18.2 Å². The maximum Gasteiger partial charge on any atom is 0.307 e. The van der Waals surface area contributed by atoms with Crippen molar-refractivity contribution in [3.05, 3.63) is 23.8 Å². The molecule has 110 valence electrons. The molecule has 0 aromatic heterocycles. The van der Waals surface area contributed by atoms with Gasteiger partial charge < -0.3 is 20.5 Å². The molecule has 1 aromatic carbocycles. The highest BCUT2D eigenvalue weighted by molar-refractivity contribution is 5.95. The molecule has 0 aliphatic carbocycles. The predicted octanol–water partition coefficient (Wildman–Crippen LogP) is 1.35. The molecule has 3 N–H and O–H groups in total. The lowest BCUT2D eigenvalue weighted by Gasteiger charge is -2.09. The molecular formula is C14H20N2O4. The van der Waals surface area contributed by atoms with E-state index in [4.69, 9.17) is 15.2 Å². The SMILES string of the molecule is CCOC(=O)CCNC(=O)c1cc(N)cc(OCC)c1. The Morgan fingerprint density at radius 2 is 1.95 bits per heavy atom. The highest BCUT2D eigenvalue weighted by Gasteiger charge is 2.09. The van der Waals surface area contributed by atoms with Gasteiger partial charge in [0.25, 0.3) is 5.91 Å². The fourth-order valence-electron chi connectivity index (χ4n) is 1.62. The molecule has 1 rings (SSSR count). The van der Waals surface area contributed by atoms with E-state index in [-0.39, 0.29) is 24.8 Å². The van der Waals surface area contributed by atoms with E-state index in [9.17, 15) is 9.59 Å². The number of nitrogens with one attached hydrogen (secondary N) is 1. The lowest BCUT2D eigenvalue weighted by molar-refractivity contribution is -0.142. The van der Waals surface area contributed by atoms with E-state index < -0.39 is 0 Å². The van der Waals surface area contributed by atoms with Crippen molar-refractivity contribution in [2.24, 2.45) is 0 Å². The molecule has 0 aliphatic heterocycles. The maximum absolute atomic E-state index is 11.9. The highest BCUT2D eigenvalue weighted by atomic mass is 16.5. The number of ether oxygens (including phenoxy) is 2. The Kier molecular flexibility index (Phi) is 6.36. The summed E-state index contributed by atoms with van der Waals surface area (Å²) in [4.78, 5) is 23.1. The van der Waals surface area contributed by atoms with Gasteiger partial charge in [-0.2, -0.15) is 0 Å². The fourth-order valence-corrected chi connectivity index (χ4v) is 1.62. The van der Waals surface area contributed by atoms with E-state index in [2.05, 4.69) is 5.32 Å². The summed E-state index contributed by atoms with van der Waals surface area (Å²) in [6.07, 6.45) is 0.139. The summed E-state index contributed by atoms with van der Waals surface area (Å²) >= 11 is 0. The number of carbonyl (C=O) groups excluding carboxylic acids is 2. The molecule has 1 amide bonds. The van der Waals surface area contributed by atoms with Gasteiger partial charge in [0.05, 0.1) is 19.6 Å². The molecule has 0 fully saturated rings. The number of rotatable bonds is 7. The van der Waals surface area contributed by atoms with Crippen LogP contribution in [-0.2, 0) is 9.53 Å². The number of amides is 1. The molecule has 20 heavy (non-hydrogen) atoms. The van der Waals surface area contributed by atoms with Gasteiger partial charge in [-0.3, -0.25) is 9.59 Å². The number of hydrogen-bond acceptors (Lipinski definition) is 5. The molecule has 0 saturated heterocycles. The molecule has 0 radical (unpaired) electrons. The summed E-state index contributed by atoms with van der Waals surface area (Å²) in [7, 11) is 0. The van der Waals surface area contributed by atoms with Crippen molar-refractivity contribution in [1.82, 2.24) is 5.32 Å². The Hall–Kier alpha value is -2.24. The van der Waals surface area contributed by atoms with Gasteiger partial charge in [0, 0.05) is 23.9 Å². The first-order valence-corrected chi connectivity index (χ1v) is 6.54. The lowest BCUT2D eigenvalue weighted by atomic mass is 10.1. The van der Waals surface area contributed by atoms with E-state index in [1.807, 2.05) is 6.92 Å². The third-order valence-electron chi connectivity index (χ3n) is 2.42. The van der Waals surface area contributed by atoms with Crippen molar-refractivity contribution in [3.63, 3.8) is 0 Å². The zero-order valence-electron chi connectivity index (χ0n) is 11.8. The average Bonchev–Trinajstić information content (AvgIpc) is 2.38. The maximum atomic E-state index is 11.9. The van der Waals surface area contributed by atoms with Gasteiger partial charge in [0.15, 0.2) is 0 Å². The third kappa shape index (κ3) is 5.17. The van der Waals surface area contributed by atoms with Crippen molar-refractivity contribution in [3.8, 4) is 5.75 Å². The van der Waals surface area contributed by atoms with E-state index >= 15 is 0 Å². The minimum Gasteiger partial charge on any atom is -0.494 e. The lowest BCUT2D eigenvalue weighted by Crippen LogP contribution is -2.26. The molecule has 0 unspecified atom stereocenters. The van der Waals surface area contributed by atoms with Gasteiger partial charge in [0.1, 0.15) is 5.75 Å². The van der Waals surface area contributed by atoms with Crippen LogP contribution in [0.1, 0.15) is 30.6 Å². The predicted molar refractivity (Wildman–Crippen MR) is 75.6 cm³/mol. The molecule has 6 nitrogen and oxygen atoms in total. The van der Waals surface area contributed by atoms with Gasteiger partial charge in [-0.15, -0.1) is 0 Å². The summed E-state index contributed by atoms with van der Waals surface area (Å²) in [6.45, 7) is 4.63. The molecule has 0 heterocycles. The van der Waals surface area contributed by atoms with Gasteiger partial charge in [-0.25, -0.2) is 0 Å². The summed E-state index contributed by atoms with van der Waals surface area (Å²) in [5.74, 6) is -0.0963. The molecule has 0 bridgehead atoms. The first-order chi connectivity index (χ1) is 9.56.